The van der Waals surface area contributed by atoms with Gasteiger partial charge in [-0.1, -0.05) is 35.3 Å². The minimum Gasteiger partial charge on any atom is -0.381 e. The number of hydrogen-bond acceptors (Lipinski definition) is 2. The van der Waals surface area contributed by atoms with E-state index in [1.165, 1.54) is 11.1 Å². The van der Waals surface area contributed by atoms with Crippen molar-refractivity contribution in [2.24, 2.45) is 0 Å². The molecule has 1 aliphatic rings. The van der Waals surface area contributed by atoms with Crippen LogP contribution >= 0.6 is 23.2 Å². The Labute approximate surface area is 129 Å². The van der Waals surface area contributed by atoms with Crippen LogP contribution in [0.25, 0.3) is 0 Å². The van der Waals surface area contributed by atoms with Gasteiger partial charge in [-0.25, -0.2) is 0 Å². The van der Waals surface area contributed by atoms with Gasteiger partial charge < -0.3 is 10.6 Å². The van der Waals surface area contributed by atoms with Gasteiger partial charge in [-0.15, -0.1) is 0 Å². The van der Waals surface area contributed by atoms with Gasteiger partial charge in [0.25, 0.3) is 0 Å². The Balaban J connectivity index is 1.75. The lowest BCUT2D eigenvalue weighted by Crippen LogP contribution is -2.23. The van der Waals surface area contributed by atoms with Gasteiger partial charge in [0.2, 0.25) is 0 Å². The first-order valence-corrected chi connectivity index (χ1v) is 7.49. The molecule has 20 heavy (non-hydrogen) atoms. The Kier molecular flexibility index (Phi) is 4.16. The lowest BCUT2D eigenvalue weighted by molar-refractivity contribution is 0.644. The summed E-state index contributed by atoms with van der Waals surface area (Å²) in [5.74, 6) is 0. The van der Waals surface area contributed by atoms with Crippen LogP contribution in [0, 0.1) is 0 Å². The van der Waals surface area contributed by atoms with Crippen LogP contribution in [0.4, 0.5) is 5.69 Å². The van der Waals surface area contributed by atoms with Crippen molar-refractivity contribution in [1.29, 1.82) is 0 Å². The van der Waals surface area contributed by atoms with Crippen molar-refractivity contribution in [3.8, 4) is 0 Å². The molecule has 0 saturated carbocycles. The average Bonchev–Trinajstić information content (AvgIpc) is 2.46. The lowest BCUT2D eigenvalue weighted by atomic mass is 10.0. The van der Waals surface area contributed by atoms with Crippen molar-refractivity contribution in [3.63, 3.8) is 0 Å². The SMILES string of the molecule is Clc1cccc(Cl)c1CNc1ccc2c(c1)CNCC2. The Bertz CT molecular complexity index is 606. The van der Waals surface area contributed by atoms with Gasteiger partial charge in [0.05, 0.1) is 0 Å². The summed E-state index contributed by atoms with van der Waals surface area (Å²) in [5.41, 5.74) is 4.84. The first-order valence-electron chi connectivity index (χ1n) is 6.73. The fourth-order valence-corrected chi connectivity index (χ4v) is 3.01. The third-order valence-electron chi connectivity index (χ3n) is 3.62. The van der Waals surface area contributed by atoms with Crippen LogP contribution in [0.2, 0.25) is 10.0 Å². The van der Waals surface area contributed by atoms with Gasteiger partial charge >= 0.3 is 0 Å². The van der Waals surface area contributed by atoms with Gasteiger partial charge in [-0.2, -0.15) is 0 Å². The van der Waals surface area contributed by atoms with E-state index in [4.69, 9.17) is 23.2 Å². The molecule has 1 aliphatic heterocycles. The summed E-state index contributed by atoms with van der Waals surface area (Å²) in [6.07, 6.45) is 1.10. The summed E-state index contributed by atoms with van der Waals surface area (Å²) in [4.78, 5) is 0. The van der Waals surface area contributed by atoms with Crippen LogP contribution in [0.1, 0.15) is 16.7 Å². The molecular weight excluding hydrogens is 291 g/mol. The topological polar surface area (TPSA) is 24.1 Å². The van der Waals surface area contributed by atoms with Crippen molar-refractivity contribution >= 4 is 28.9 Å². The maximum absolute atomic E-state index is 6.18. The number of rotatable bonds is 3. The molecular formula is C16H16Cl2N2. The largest absolute Gasteiger partial charge is 0.381 e. The minimum atomic E-state index is 0.630. The van der Waals surface area contributed by atoms with Gasteiger partial charge in [0.1, 0.15) is 0 Å². The highest BCUT2D eigenvalue weighted by Gasteiger charge is 2.09. The summed E-state index contributed by atoms with van der Waals surface area (Å²) in [6.45, 7) is 2.64. The predicted octanol–water partition coefficient (Wildman–Crippen LogP) is 4.25. The molecule has 0 radical (unpaired) electrons. The molecule has 2 aromatic carbocycles. The Morgan fingerprint density at radius 1 is 1.05 bits per heavy atom. The maximum atomic E-state index is 6.18. The molecule has 3 rings (SSSR count). The standard InChI is InChI=1S/C16H16Cl2N2/c17-15-2-1-3-16(18)14(15)10-20-13-5-4-11-6-7-19-9-12(11)8-13/h1-5,8,19-20H,6-7,9-10H2. The normalized spacial score (nSPS) is 13.9. The van der Waals surface area contributed by atoms with Crippen molar-refractivity contribution in [2.45, 2.75) is 19.5 Å². The molecule has 0 bridgehead atoms. The number of fused-ring (bicyclic) bond motifs is 1. The molecule has 0 unspecified atom stereocenters. The van der Waals surface area contributed by atoms with E-state index in [0.717, 1.165) is 30.8 Å². The van der Waals surface area contributed by atoms with E-state index >= 15 is 0 Å². The molecule has 1 heterocycles. The van der Waals surface area contributed by atoms with E-state index in [0.29, 0.717) is 16.6 Å². The Morgan fingerprint density at radius 2 is 1.85 bits per heavy atom. The zero-order valence-electron chi connectivity index (χ0n) is 11.0. The smallest absolute Gasteiger partial charge is 0.0470 e. The van der Waals surface area contributed by atoms with Crippen LogP contribution in [0.5, 0.6) is 0 Å². The van der Waals surface area contributed by atoms with E-state index in [1.54, 1.807) is 0 Å². The fourth-order valence-electron chi connectivity index (χ4n) is 2.48. The molecule has 2 aromatic rings. The van der Waals surface area contributed by atoms with Crippen LogP contribution in [0.15, 0.2) is 36.4 Å². The van der Waals surface area contributed by atoms with E-state index in [-0.39, 0.29) is 0 Å². The highest BCUT2D eigenvalue weighted by Crippen LogP contribution is 2.26. The maximum Gasteiger partial charge on any atom is 0.0470 e. The summed E-state index contributed by atoms with van der Waals surface area (Å²) >= 11 is 12.4. The third-order valence-corrected chi connectivity index (χ3v) is 4.33. The monoisotopic (exact) mass is 306 g/mol. The summed E-state index contributed by atoms with van der Waals surface area (Å²) in [5, 5.41) is 8.18. The highest BCUT2D eigenvalue weighted by atomic mass is 35.5. The quantitative estimate of drug-likeness (QED) is 0.886. The summed E-state index contributed by atoms with van der Waals surface area (Å²) in [6, 6.07) is 12.1. The third kappa shape index (κ3) is 2.93. The zero-order valence-corrected chi connectivity index (χ0v) is 12.6. The molecule has 0 aliphatic carbocycles. The second-order valence-corrected chi connectivity index (χ2v) is 5.78. The molecule has 2 N–H and O–H groups in total. The Hall–Kier alpha value is -1.22. The molecule has 0 amide bonds. The number of hydrogen-bond donors (Lipinski definition) is 2. The molecule has 0 aromatic heterocycles. The molecule has 0 saturated heterocycles. The molecule has 2 nitrogen and oxygen atoms in total. The van der Waals surface area contributed by atoms with Crippen LogP contribution in [-0.4, -0.2) is 6.54 Å². The average molecular weight is 307 g/mol. The number of nitrogens with one attached hydrogen (secondary N) is 2. The van der Waals surface area contributed by atoms with E-state index in [2.05, 4.69) is 28.8 Å². The molecule has 4 heteroatoms. The minimum absolute atomic E-state index is 0.630. The van der Waals surface area contributed by atoms with Crippen LogP contribution < -0.4 is 10.6 Å². The molecule has 0 fully saturated rings. The second-order valence-electron chi connectivity index (χ2n) is 4.96. The molecule has 0 atom stereocenters. The molecule has 0 spiro atoms. The van der Waals surface area contributed by atoms with Gasteiger partial charge in [-0.05, 0) is 48.4 Å². The second kappa shape index (κ2) is 6.04. The van der Waals surface area contributed by atoms with E-state index in [1.807, 2.05) is 18.2 Å². The lowest BCUT2D eigenvalue weighted by Gasteiger charge is -2.18. The first-order chi connectivity index (χ1) is 9.74. The van der Waals surface area contributed by atoms with Crippen LogP contribution in [0.3, 0.4) is 0 Å². The number of benzene rings is 2. The van der Waals surface area contributed by atoms with Gasteiger partial charge in [0.15, 0.2) is 0 Å². The van der Waals surface area contributed by atoms with Crippen molar-refractivity contribution in [2.75, 3.05) is 11.9 Å². The predicted molar refractivity (Wildman–Crippen MR) is 85.6 cm³/mol. The van der Waals surface area contributed by atoms with Crippen LogP contribution in [-0.2, 0) is 19.5 Å². The Morgan fingerprint density at radius 3 is 2.65 bits per heavy atom. The number of halogens is 2. The summed E-state index contributed by atoms with van der Waals surface area (Å²) < 4.78 is 0. The van der Waals surface area contributed by atoms with Gasteiger partial charge in [0, 0.05) is 34.4 Å². The van der Waals surface area contributed by atoms with Gasteiger partial charge in [-0.3, -0.25) is 0 Å². The highest BCUT2D eigenvalue weighted by molar-refractivity contribution is 6.36. The van der Waals surface area contributed by atoms with Crippen molar-refractivity contribution in [3.05, 3.63) is 63.1 Å². The summed E-state index contributed by atoms with van der Waals surface area (Å²) in [7, 11) is 0. The van der Waals surface area contributed by atoms with Crippen molar-refractivity contribution < 1.29 is 0 Å². The van der Waals surface area contributed by atoms with Crippen molar-refractivity contribution in [1.82, 2.24) is 5.32 Å². The zero-order chi connectivity index (χ0) is 13.9. The van der Waals surface area contributed by atoms with E-state index in [9.17, 15) is 0 Å². The first kappa shape index (κ1) is 13.7. The number of anilines is 1. The fraction of sp³-hybridized carbons (Fsp3) is 0.250. The van der Waals surface area contributed by atoms with E-state index < -0.39 is 0 Å². The molecule has 104 valence electrons.